The van der Waals surface area contributed by atoms with Crippen LogP contribution in [0.25, 0.3) is 0 Å². The van der Waals surface area contributed by atoms with Gasteiger partial charge in [-0.1, -0.05) is 48.6 Å². The molecule has 32 heavy (non-hydrogen) atoms. The van der Waals surface area contributed by atoms with E-state index >= 15 is 0 Å². The number of carbonyl (C=O) groups is 1. The van der Waals surface area contributed by atoms with Gasteiger partial charge in [-0.2, -0.15) is 0 Å². The molecule has 5 atom stereocenters. The van der Waals surface area contributed by atoms with Crippen molar-refractivity contribution in [2.24, 2.45) is 11.8 Å². The van der Waals surface area contributed by atoms with Crippen molar-refractivity contribution < 1.29 is 24.9 Å². The summed E-state index contributed by atoms with van der Waals surface area (Å²) in [6.45, 7) is 4.56. The molecular weight excluding hydrogens is 428 g/mol. The molecule has 2 rings (SSSR count). The summed E-state index contributed by atoms with van der Waals surface area (Å²) in [7, 11) is 0. The van der Waals surface area contributed by atoms with Gasteiger partial charge in [-0.25, -0.2) is 0 Å². The standard InChI is InChI=1S/C26H37ClO5/c1-18(2)32-17-20-9-7-8-19(14-20)15-21(28)12-13-23-22(24(27)16-25(23)29)10-5-3-4-6-11-26(30)31/h3,5,7-9,12-14,18,21-25,28-29H,4,6,10-11,15-17H2,1-2H3,(H,30,31)/t21?,22-,23-,24-,25-/m1/s1. The summed E-state index contributed by atoms with van der Waals surface area (Å²) >= 11 is 6.48. The van der Waals surface area contributed by atoms with Crippen LogP contribution in [-0.2, 0) is 22.6 Å². The molecule has 0 amide bonds. The van der Waals surface area contributed by atoms with Crippen molar-refractivity contribution in [1.82, 2.24) is 0 Å². The summed E-state index contributed by atoms with van der Waals surface area (Å²) < 4.78 is 5.65. The second-order valence-electron chi connectivity index (χ2n) is 8.89. The van der Waals surface area contributed by atoms with Gasteiger partial charge in [0.25, 0.3) is 0 Å². The predicted octanol–water partition coefficient (Wildman–Crippen LogP) is 4.88. The number of aliphatic hydroxyl groups is 2. The van der Waals surface area contributed by atoms with E-state index in [9.17, 15) is 15.0 Å². The van der Waals surface area contributed by atoms with E-state index in [0.717, 1.165) is 24.0 Å². The quantitative estimate of drug-likeness (QED) is 0.220. The monoisotopic (exact) mass is 464 g/mol. The predicted molar refractivity (Wildman–Crippen MR) is 128 cm³/mol. The Kier molecular flexibility index (Phi) is 11.5. The smallest absolute Gasteiger partial charge is 0.303 e. The van der Waals surface area contributed by atoms with Gasteiger partial charge < -0.3 is 20.1 Å². The largest absolute Gasteiger partial charge is 0.481 e. The number of hydrogen-bond donors (Lipinski definition) is 3. The third-order valence-electron chi connectivity index (χ3n) is 5.78. The first kappa shape index (κ1) is 26.6. The fourth-order valence-electron chi connectivity index (χ4n) is 4.08. The lowest BCUT2D eigenvalue weighted by molar-refractivity contribution is -0.137. The summed E-state index contributed by atoms with van der Waals surface area (Å²) in [4.78, 5) is 10.6. The molecule has 0 bridgehead atoms. The molecule has 1 saturated carbocycles. The number of rotatable bonds is 13. The number of aliphatic carboxylic acids is 1. The van der Waals surface area contributed by atoms with Gasteiger partial charge >= 0.3 is 5.97 Å². The zero-order chi connectivity index (χ0) is 23.5. The van der Waals surface area contributed by atoms with E-state index in [1.165, 1.54) is 0 Å². The minimum Gasteiger partial charge on any atom is -0.481 e. The van der Waals surface area contributed by atoms with Gasteiger partial charge in [-0.3, -0.25) is 4.79 Å². The van der Waals surface area contributed by atoms with Gasteiger partial charge in [0.15, 0.2) is 0 Å². The molecule has 1 aromatic carbocycles. The van der Waals surface area contributed by atoms with Crippen molar-refractivity contribution in [3.8, 4) is 0 Å². The lowest BCUT2D eigenvalue weighted by Crippen LogP contribution is -2.19. The average molecular weight is 465 g/mol. The van der Waals surface area contributed by atoms with Crippen LogP contribution in [0.2, 0.25) is 0 Å². The molecule has 6 heteroatoms. The maximum absolute atomic E-state index is 10.6. The van der Waals surface area contributed by atoms with E-state index in [1.807, 2.05) is 50.3 Å². The van der Waals surface area contributed by atoms with E-state index in [0.29, 0.717) is 25.9 Å². The maximum atomic E-state index is 10.6. The SMILES string of the molecule is CC(C)OCc1cccc(CC(O)C=C[C@@H]2[C@@H](CC=CCCCC(=O)O)[C@H](Cl)C[C@H]2O)c1. The first-order valence-electron chi connectivity index (χ1n) is 11.5. The van der Waals surface area contributed by atoms with E-state index in [2.05, 4.69) is 6.07 Å². The minimum absolute atomic E-state index is 0.0855. The number of benzene rings is 1. The molecule has 1 aliphatic carbocycles. The second kappa shape index (κ2) is 13.8. The molecule has 0 spiro atoms. The van der Waals surface area contributed by atoms with Gasteiger partial charge in [0, 0.05) is 24.1 Å². The van der Waals surface area contributed by atoms with Crippen molar-refractivity contribution in [1.29, 1.82) is 0 Å². The van der Waals surface area contributed by atoms with Crippen LogP contribution in [-0.4, -0.2) is 45.0 Å². The molecule has 0 aromatic heterocycles. The van der Waals surface area contributed by atoms with Crippen molar-refractivity contribution in [3.05, 3.63) is 59.7 Å². The Morgan fingerprint density at radius 2 is 2.03 bits per heavy atom. The highest BCUT2D eigenvalue weighted by Gasteiger charge is 2.39. The minimum atomic E-state index is -0.780. The lowest BCUT2D eigenvalue weighted by atomic mass is 9.90. The molecule has 0 saturated heterocycles. The Labute approximate surface area is 196 Å². The van der Waals surface area contributed by atoms with E-state index < -0.39 is 18.2 Å². The topological polar surface area (TPSA) is 87.0 Å². The molecule has 5 nitrogen and oxygen atoms in total. The maximum Gasteiger partial charge on any atom is 0.303 e. The van der Waals surface area contributed by atoms with E-state index in [1.54, 1.807) is 6.08 Å². The molecule has 178 valence electrons. The molecule has 1 aliphatic rings. The molecule has 1 unspecified atom stereocenters. The highest BCUT2D eigenvalue weighted by atomic mass is 35.5. The molecule has 0 heterocycles. The molecule has 0 aliphatic heterocycles. The van der Waals surface area contributed by atoms with Gasteiger partial charge in [-0.15, -0.1) is 11.6 Å². The molecule has 3 N–H and O–H groups in total. The van der Waals surface area contributed by atoms with Crippen LogP contribution >= 0.6 is 11.6 Å². The number of ether oxygens (including phenoxy) is 1. The van der Waals surface area contributed by atoms with Gasteiger partial charge in [0.1, 0.15) is 0 Å². The highest BCUT2D eigenvalue weighted by molar-refractivity contribution is 6.21. The fraction of sp³-hybridized carbons (Fsp3) is 0.577. The van der Waals surface area contributed by atoms with Crippen LogP contribution in [0.5, 0.6) is 0 Å². The van der Waals surface area contributed by atoms with Crippen molar-refractivity contribution >= 4 is 17.6 Å². The van der Waals surface area contributed by atoms with Gasteiger partial charge in [0.2, 0.25) is 0 Å². The Hall–Kier alpha value is -1.66. The highest BCUT2D eigenvalue weighted by Crippen LogP contribution is 2.39. The zero-order valence-corrected chi connectivity index (χ0v) is 19.8. The molecule has 1 aromatic rings. The summed E-state index contributed by atoms with van der Waals surface area (Å²) in [5, 5.41) is 29.6. The number of allylic oxidation sites excluding steroid dienone is 2. The number of unbranched alkanes of at least 4 members (excludes halogenated alkanes) is 1. The lowest BCUT2D eigenvalue weighted by Gasteiger charge is -2.19. The number of carboxylic acids is 1. The Morgan fingerprint density at radius 3 is 2.75 bits per heavy atom. The van der Waals surface area contributed by atoms with Crippen LogP contribution in [0.3, 0.4) is 0 Å². The Balaban J connectivity index is 1.89. The van der Waals surface area contributed by atoms with Gasteiger partial charge in [-0.05, 0) is 56.6 Å². The normalized spacial score (nSPS) is 24.7. The average Bonchev–Trinajstić information content (AvgIpc) is 2.99. The fourth-order valence-corrected chi connectivity index (χ4v) is 4.54. The Morgan fingerprint density at radius 1 is 1.28 bits per heavy atom. The van der Waals surface area contributed by atoms with Crippen LogP contribution in [0.4, 0.5) is 0 Å². The summed E-state index contributed by atoms with van der Waals surface area (Å²) in [6.07, 6.45) is 9.94. The van der Waals surface area contributed by atoms with E-state index in [-0.39, 0.29) is 29.7 Å². The van der Waals surface area contributed by atoms with Crippen molar-refractivity contribution in [3.63, 3.8) is 0 Å². The van der Waals surface area contributed by atoms with Crippen molar-refractivity contribution in [2.45, 2.75) is 82.7 Å². The summed E-state index contributed by atoms with van der Waals surface area (Å²) in [6, 6.07) is 8.04. The molecular formula is C26H37ClO5. The summed E-state index contributed by atoms with van der Waals surface area (Å²) in [5.41, 5.74) is 2.12. The first-order chi connectivity index (χ1) is 15.3. The van der Waals surface area contributed by atoms with Crippen LogP contribution in [0.15, 0.2) is 48.6 Å². The number of hydrogen-bond acceptors (Lipinski definition) is 4. The first-order valence-corrected chi connectivity index (χ1v) is 11.9. The third kappa shape index (κ3) is 9.45. The molecule has 0 radical (unpaired) electrons. The number of alkyl halides is 1. The van der Waals surface area contributed by atoms with E-state index in [4.69, 9.17) is 21.4 Å². The second-order valence-corrected chi connectivity index (χ2v) is 9.45. The number of aliphatic hydroxyl groups excluding tert-OH is 2. The van der Waals surface area contributed by atoms with Crippen LogP contribution in [0, 0.1) is 11.8 Å². The van der Waals surface area contributed by atoms with Gasteiger partial charge in [0.05, 0.1) is 24.9 Å². The zero-order valence-electron chi connectivity index (χ0n) is 19.1. The van der Waals surface area contributed by atoms with Crippen molar-refractivity contribution in [2.75, 3.05) is 0 Å². The van der Waals surface area contributed by atoms with Crippen LogP contribution in [0.1, 0.15) is 57.1 Å². The third-order valence-corrected chi connectivity index (χ3v) is 6.28. The van der Waals surface area contributed by atoms with Crippen LogP contribution < -0.4 is 0 Å². The summed E-state index contributed by atoms with van der Waals surface area (Å²) in [5.74, 6) is -0.804. The Bertz CT molecular complexity index is 760. The molecule has 1 fully saturated rings. The number of carboxylic acid groups (broad SMARTS) is 1. The number of halogens is 1.